The van der Waals surface area contributed by atoms with Crippen LogP contribution >= 0.6 is 0 Å². The van der Waals surface area contributed by atoms with Crippen LogP contribution in [0.3, 0.4) is 0 Å². The molecule has 0 aliphatic carbocycles. The summed E-state index contributed by atoms with van der Waals surface area (Å²) in [6, 6.07) is 2.56. The van der Waals surface area contributed by atoms with Crippen LogP contribution in [0.1, 0.15) is 25.8 Å². The first-order chi connectivity index (χ1) is 8.69. The SMILES string of the molecule is CC#CCOc1c(F)cc(CNCCC)cc1F. The Morgan fingerprint density at radius 2 is 1.94 bits per heavy atom. The van der Waals surface area contributed by atoms with Gasteiger partial charge in [-0.1, -0.05) is 12.8 Å². The normalized spacial score (nSPS) is 9.78. The third-order valence-corrected chi connectivity index (χ3v) is 2.28. The highest BCUT2D eigenvalue weighted by Gasteiger charge is 2.12. The van der Waals surface area contributed by atoms with Gasteiger partial charge >= 0.3 is 0 Å². The van der Waals surface area contributed by atoms with Crippen molar-refractivity contribution in [2.45, 2.75) is 26.8 Å². The molecule has 1 aromatic carbocycles. The van der Waals surface area contributed by atoms with Gasteiger partial charge in [-0.25, -0.2) is 8.78 Å². The molecule has 0 aromatic heterocycles. The molecule has 0 bridgehead atoms. The summed E-state index contributed by atoms with van der Waals surface area (Å²) in [6.07, 6.45) is 0.974. The second kappa shape index (κ2) is 7.67. The van der Waals surface area contributed by atoms with E-state index in [-0.39, 0.29) is 12.4 Å². The Morgan fingerprint density at radius 3 is 2.50 bits per heavy atom. The maximum atomic E-state index is 13.6. The minimum atomic E-state index is -0.693. The van der Waals surface area contributed by atoms with Crippen molar-refractivity contribution in [3.05, 3.63) is 29.3 Å². The molecule has 1 rings (SSSR count). The zero-order valence-electron chi connectivity index (χ0n) is 10.6. The number of hydrogen-bond donors (Lipinski definition) is 1. The van der Waals surface area contributed by atoms with Crippen molar-refractivity contribution in [1.29, 1.82) is 0 Å². The van der Waals surface area contributed by atoms with Gasteiger partial charge in [0.25, 0.3) is 0 Å². The van der Waals surface area contributed by atoms with Crippen LogP contribution in [-0.4, -0.2) is 13.2 Å². The Kier molecular flexibility index (Phi) is 6.16. The molecule has 4 heteroatoms. The molecule has 0 aliphatic heterocycles. The molecule has 0 unspecified atom stereocenters. The topological polar surface area (TPSA) is 21.3 Å². The van der Waals surface area contributed by atoms with E-state index in [2.05, 4.69) is 17.2 Å². The standard InChI is InChI=1S/C14H17F2NO/c1-3-5-7-18-14-12(15)8-11(9-13(14)16)10-17-6-4-2/h8-9,17H,4,6-7,10H2,1-2H3. The smallest absolute Gasteiger partial charge is 0.192 e. The van der Waals surface area contributed by atoms with Crippen molar-refractivity contribution in [3.8, 4) is 17.6 Å². The summed E-state index contributed by atoms with van der Waals surface area (Å²) in [5.74, 6) is 3.43. The molecule has 0 saturated heterocycles. The number of halogens is 2. The summed E-state index contributed by atoms with van der Waals surface area (Å²) in [5, 5.41) is 3.08. The molecular weight excluding hydrogens is 236 g/mol. The first-order valence-corrected chi connectivity index (χ1v) is 5.90. The maximum Gasteiger partial charge on any atom is 0.192 e. The van der Waals surface area contributed by atoms with Gasteiger partial charge in [-0.15, -0.1) is 5.92 Å². The Labute approximate surface area is 106 Å². The lowest BCUT2D eigenvalue weighted by molar-refractivity contribution is 0.325. The van der Waals surface area contributed by atoms with Crippen molar-refractivity contribution < 1.29 is 13.5 Å². The zero-order valence-corrected chi connectivity index (χ0v) is 10.6. The average molecular weight is 253 g/mol. The maximum absolute atomic E-state index is 13.6. The summed E-state index contributed by atoms with van der Waals surface area (Å²) >= 11 is 0. The van der Waals surface area contributed by atoms with Gasteiger partial charge in [0, 0.05) is 6.54 Å². The highest BCUT2D eigenvalue weighted by atomic mass is 19.1. The number of ether oxygens (including phenoxy) is 1. The van der Waals surface area contributed by atoms with Gasteiger partial charge < -0.3 is 10.1 Å². The van der Waals surface area contributed by atoms with Crippen LogP contribution in [0.5, 0.6) is 5.75 Å². The van der Waals surface area contributed by atoms with Gasteiger partial charge in [0.15, 0.2) is 17.4 Å². The third kappa shape index (κ3) is 4.34. The van der Waals surface area contributed by atoms with E-state index in [9.17, 15) is 8.78 Å². The number of hydrogen-bond acceptors (Lipinski definition) is 2. The molecule has 18 heavy (non-hydrogen) atoms. The fraction of sp³-hybridized carbons (Fsp3) is 0.429. The Morgan fingerprint density at radius 1 is 1.28 bits per heavy atom. The first-order valence-electron chi connectivity index (χ1n) is 5.90. The van der Waals surface area contributed by atoms with Crippen LogP contribution in [0, 0.1) is 23.5 Å². The number of rotatable bonds is 6. The van der Waals surface area contributed by atoms with E-state index >= 15 is 0 Å². The lowest BCUT2D eigenvalue weighted by Crippen LogP contribution is -2.14. The summed E-state index contributed by atoms with van der Waals surface area (Å²) in [4.78, 5) is 0. The number of nitrogens with one attached hydrogen (secondary N) is 1. The van der Waals surface area contributed by atoms with E-state index in [1.54, 1.807) is 6.92 Å². The monoisotopic (exact) mass is 253 g/mol. The molecule has 0 saturated carbocycles. The number of benzene rings is 1. The van der Waals surface area contributed by atoms with Gasteiger partial charge in [-0.2, -0.15) is 0 Å². The van der Waals surface area contributed by atoms with Crippen molar-refractivity contribution in [2.75, 3.05) is 13.2 Å². The Bertz CT molecular complexity index is 426. The van der Waals surface area contributed by atoms with Crippen LogP contribution in [0.2, 0.25) is 0 Å². The van der Waals surface area contributed by atoms with Crippen LogP contribution < -0.4 is 10.1 Å². The van der Waals surface area contributed by atoms with E-state index in [1.165, 1.54) is 12.1 Å². The van der Waals surface area contributed by atoms with E-state index in [0.29, 0.717) is 12.1 Å². The van der Waals surface area contributed by atoms with Crippen LogP contribution in [-0.2, 0) is 6.54 Å². The highest BCUT2D eigenvalue weighted by molar-refractivity contribution is 5.31. The fourth-order valence-electron chi connectivity index (χ4n) is 1.44. The quantitative estimate of drug-likeness (QED) is 0.621. The minimum Gasteiger partial charge on any atom is -0.475 e. The molecule has 0 radical (unpaired) electrons. The Hall–Kier alpha value is -1.60. The molecular formula is C14H17F2NO. The predicted octanol–water partition coefficient (Wildman–Crippen LogP) is 2.87. The molecule has 0 fully saturated rings. The lowest BCUT2D eigenvalue weighted by Gasteiger charge is -2.08. The van der Waals surface area contributed by atoms with E-state index in [4.69, 9.17) is 4.74 Å². The van der Waals surface area contributed by atoms with Gasteiger partial charge in [-0.05, 0) is 37.6 Å². The third-order valence-electron chi connectivity index (χ3n) is 2.28. The molecule has 0 atom stereocenters. The molecule has 1 N–H and O–H groups in total. The van der Waals surface area contributed by atoms with Gasteiger partial charge in [0.2, 0.25) is 0 Å². The molecule has 98 valence electrons. The zero-order chi connectivity index (χ0) is 13.4. The lowest BCUT2D eigenvalue weighted by atomic mass is 10.2. The van der Waals surface area contributed by atoms with Crippen LogP contribution in [0.15, 0.2) is 12.1 Å². The summed E-state index contributed by atoms with van der Waals surface area (Å²) < 4.78 is 32.2. The summed E-state index contributed by atoms with van der Waals surface area (Å²) in [5.41, 5.74) is 0.562. The molecule has 0 aliphatic rings. The molecule has 0 amide bonds. The summed E-state index contributed by atoms with van der Waals surface area (Å²) in [6.45, 7) is 4.90. The first kappa shape index (κ1) is 14.5. The molecule has 1 aromatic rings. The van der Waals surface area contributed by atoms with Crippen LogP contribution in [0.25, 0.3) is 0 Å². The van der Waals surface area contributed by atoms with E-state index in [1.807, 2.05) is 6.92 Å². The van der Waals surface area contributed by atoms with Gasteiger partial charge in [0.1, 0.15) is 6.61 Å². The van der Waals surface area contributed by atoms with E-state index < -0.39 is 11.6 Å². The van der Waals surface area contributed by atoms with Crippen molar-refractivity contribution >= 4 is 0 Å². The predicted molar refractivity (Wildman–Crippen MR) is 67.3 cm³/mol. The van der Waals surface area contributed by atoms with Gasteiger partial charge in [-0.3, -0.25) is 0 Å². The largest absolute Gasteiger partial charge is 0.475 e. The van der Waals surface area contributed by atoms with Crippen molar-refractivity contribution in [3.63, 3.8) is 0 Å². The summed E-state index contributed by atoms with van der Waals surface area (Å²) in [7, 11) is 0. The fourth-order valence-corrected chi connectivity index (χ4v) is 1.44. The van der Waals surface area contributed by atoms with Gasteiger partial charge in [0.05, 0.1) is 0 Å². The minimum absolute atomic E-state index is 0.0161. The molecule has 2 nitrogen and oxygen atoms in total. The average Bonchev–Trinajstić information content (AvgIpc) is 2.33. The molecule has 0 spiro atoms. The highest BCUT2D eigenvalue weighted by Crippen LogP contribution is 2.23. The van der Waals surface area contributed by atoms with Crippen LogP contribution in [0.4, 0.5) is 8.78 Å². The second-order valence-corrected chi connectivity index (χ2v) is 3.78. The van der Waals surface area contributed by atoms with Crippen molar-refractivity contribution in [1.82, 2.24) is 5.32 Å². The second-order valence-electron chi connectivity index (χ2n) is 3.78. The Balaban J connectivity index is 2.72. The van der Waals surface area contributed by atoms with E-state index in [0.717, 1.165) is 13.0 Å². The van der Waals surface area contributed by atoms with Crippen molar-refractivity contribution in [2.24, 2.45) is 0 Å². The molecule has 0 heterocycles.